The number of aryl methyl sites for hydroxylation is 12. The zero-order valence-corrected chi connectivity index (χ0v) is 43.0. The predicted octanol–water partition coefficient (Wildman–Crippen LogP) is 11.0. The molecule has 0 bridgehead atoms. The first-order valence-electron chi connectivity index (χ1n) is 23.0. The van der Waals surface area contributed by atoms with Gasteiger partial charge in [-0.15, -0.1) is 18.7 Å². The lowest BCUT2D eigenvalue weighted by molar-refractivity contribution is -0.744. The van der Waals surface area contributed by atoms with Gasteiger partial charge in [0.1, 0.15) is 34.6 Å². The van der Waals surface area contributed by atoms with Gasteiger partial charge in [-0.25, -0.2) is 22.0 Å². The van der Waals surface area contributed by atoms with Crippen LogP contribution in [-0.4, -0.2) is 18.7 Å². The van der Waals surface area contributed by atoms with Gasteiger partial charge in [0.15, 0.2) is 26.1 Å². The highest BCUT2D eigenvalue weighted by atomic mass is 19.1. The van der Waals surface area contributed by atoms with Crippen LogP contribution in [0.4, 0.5) is 22.0 Å². The first kappa shape index (κ1) is 52.0. The van der Waals surface area contributed by atoms with E-state index >= 15 is 0 Å². The van der Waals surface area contributed by atoms with Gasteiger partial charge in [-0.05, 0) is 141 Å². The third-order valence-corrected chi connectivity index (χ3v) is 12.6. The van der Waals surface area contributed by atoms with Gasteiger partial charge >= 0.3 is 0 Å². The van der Waals surface area contributed by atoms with Crippen LogP contribution < -0.4 is 18.7 Å². The molecule has 0 saturated carbocycles. The van der Waals surface area contributed by atoms with Gasteiger partial charge in [-0.3, -0.25) is 0 Å². The number of aromatic nitrogens is 8. The quantitative estimate of drug-likeness (QED) is 0.122. The second-order valence-electron chi connectivity index (χ2n) is 18.2. The molecule has 0 radical (unpaired) electrons. The Morgan fingerprint density at radius 1 is 0.414 bits per heavy atom. The molecule has 0 fully saturated rings. The maximum Gasteiger partial charge on any atom is 0.241 e. The minimum atomic E-state index is -0.571. The molecule has 364 valence electrons. The number of hydrogen-bond donors (Lipinski definition) is 0. The van der Waals surface area contributed by atoms with Crippen molar-refractivity contribution in [2.45, 2.75) is 76.2 Å². The molecule has 0 unspecified atom stereocenters. The van der Waals surface area contributed by atoms with Gasteiger partial charge < -0.3 is 0 Å². The summed E-state index contributed by atoms with van der Waals surface area (Å²) in [5.41, 5.74) is 16.6. The van der Waals surface area contributed by atoms with Crippen molar-refractivity contribution in [2.75, 3.05) is 0 Å². The number of halogens is 5. The fourth-order valence-electron chi connectivity index (χ4n) is 8.97. The SMILES string of the molecule is Cc1cc(F)cc(C)c1-[n+]1cc(C)c(C)n1C.Cc1cc(F)cc(C)c1-[n+]1ccc(C)n1C.Cc1cc(F)cc(F)c1-n1cc(-c2ccccc2)c[n+]1C.Cc1cn(-c2c(C)cc(F)cc2C)[n+](C)c1. The summed E-state index contributed by atoms with van der Waals surface area (Å²) in [6.45, 7) is 21.6. The standard InChI is InChI=1S/C17H15F2N2.C14H18FN2.2C13H16FN2/c1-12-8-15(18)9-16(19)17(12)21-11-14(10-20(21)2)13-6-4-3-5-7-13;1-9-6-13(15)7-10(2)14(9)17-8-11(3)12(4)16(17)5;1-9-7-15(4)16(8-9)13-10(2)5-12(14)6-11(13)3;1-9-7-12(14)8-10(2)13(9)16-6-5-11(3)15(16)4/h3-11H,1-2H3;6-8H,1-5H3;2*5-8H,1-4H3/q4*+1. The van der Waals surface area contributed by atoms with Crippen LogP contribution in [0, 0.1) is 105 Å². The van der Waals surface area contributed by atoms with Crippen molar-refractivity contribution >= 4 is 0 Å². The zero-order chi connectivity index (χ0) is 51.5. The highest BCUT2D eigenvalue weighted by molar-refractivity contribution is 5.61. The van der Waals surface area contributed by atoms with Crippen LogP contribution in [0.25, 0.3) is 33.9 Å². The van der Waals surface area contributed by atoms with E-state index in [1.54, 1.807) is 52.7 Å². The van der Waals surface area contributed by atoms with E-state index in [-0.39, 0.29) is 17.5 Å². The predicted molar refractivity (Wildman–Crippen MR) is 265 cm³/mol. The molecule has 8 nitrogen and oxygen atoms in total. The van der Waals surface area contributed by atoms with E-state index in [2.05, 4.69) is 29.4 Å². The lowest BCUT2D eigenvalue weighted by Crippen LogP contribution is -2.40. The number of rotatable bonds is 5. The van der Waals surface area contributed by atoms with Crippen molar-refractivity contribution in [2.24, 2.45) is 28.2 Å². The molecule has 0 aliphatic heterocycles. The van der Waals surface area contributed by atoms with Crippen LogP contribution in [0.3, 0.4) is 0 Å². The maximum absolute atomic E-state index is 14.1. The topological polar surface area (TPSA) is 35.2 Å². The minimum absolute atomic E-state index is 0.174. The Morgan fingerprint density at radius 3 is 1.29 bits per heavy atom. The Morgan fingerprint density at radius 2 is 0.857 bits per heavy atom. The molecule has 0 aliphatic carbocycles. The molecule has 70 heavy (non-hydrogen) atoms. The van der Waals surface area contributed by atoms with Crippen LogP contribution in [0.2, 0.25) is 0 Å². The summed E-state index contributed by atoms with van der Waals surface area (Å²) in [5.74, 6) is -1.66. The van der Waals surface area contributed by atoms with Gasteiger partial charge in [0.05, 0.1) is 43.4 Å². The van der Waals surface area contributed by atoms with Crippen molar-refractivity contribution in [3.63, 3.8) is 0 Å². The van der Waals surface area contributed by atoms with Crippen molar-refractivity contribution in [3.8, 4) is 33.9 Å². The van der Waals surface area contributed by atoms with E-state index < -0.39 is 11.6 Å². The summed E-state index contributed by atoms with van der Waals surface area (Å²) >= 11 is 0. The molecule has 13 heteroatoms. The largest absolute Gasteiger partial charge is 0.241 e. The van der Waals surface area contributed by atoms with Gasteiger partial charge in [-0.2, -0.15) is 9.36 Å². The molecule has 5 aromatic carbocycles. The molecule has 9 aromatic rings. The number of hydrogen-bond acceptors (Lipinski definition) is 0. The van der Waals surface area contributed by atoms with Crippen molar-refractivity contribution in [1.82, 2.24) is 18.7 Å². The molecule has 0 N–H and O–H groups in total. The van der Waals surface area contributed by atoms with Crippen LogP contribution in [-0.2, 0) is 28.2 Å². The number of nitrogens with zero attached hydrogens (tertiary/aromatic N) is 8. The maximum atomic E-state index is 14.1. The molecular formula is C57H65F5N8+4. The minimum Gasteiger partial charge on any atom is -0.207 e. The summed E-state index contributed by atoms with van der Waals surface area (Å²) < 4.78 is 82.8. The second kappa shape index (κ2) is 21.5. The summed E-state index contributed by atoms with van der Waals surface area (Å²) in [6, 6.07) is 23.6. The molecule has 0 amide bonds. The monoisotopic (exact) mass is 957 g/mol. The van der Waals surface area contributed by atoms with Crippen LogP contribution in [0.1, 0.15) is 61.5 Å². The first-order chi connectivity index (χ1) is 33.0. The van der Waals surface area contributed by atoms with Crippen molar-refractivity contribution in [1.29, 1.82) is 0 Å². The van der Waals surface area contributed by atoms with E-state index in [9.17, 15) is 22.0 Å². The van der Waals surface area contributed by atoms with Gasteiger partial charge in [0, 0.05) is 45.5 Å². The lowest BCUT2D eigenvalue weighted by Gasteiger charge is -2.08. The normalized spacial score (nSPS) is 10.9. The Bertz CT molecular complexity index is 3190. The van der Waals surface area contributed by atoms with Crippen molar-refractivity contribution in [3.05, 3.63) is 213 Å². The van der Waals surface area contributed by atoms with Crippen LogP contribution >= 0.6 is 0 Å². The second-order valence-corrected chi connectivity index (χ2v) is 18.2. The van der Waals surface area contributed by atoms with Crippen LogP contribution in [0.15, 0.2) is 122 Å². The molecule has 0 spiro atoms. The molecule has 9 rings (SSSR count). The van der Waals surface area contributed by atoms with E-state index in [0.717, 1.165) is 67.6 Å². The lowest BCUT2D eigenvalue weighted by atomic mass is 10.1. The highest BCUT2D eigenvalue weighted by Crippen LogP contribution is 2.24. The summed E-state index contributed by atoms with van der Waals surface area (Å²) in [7, 11) is 7.83. The van der Waals surface area contributed by atoms with E-state index in [4.69, 9.17) is 0 Å². The number of benzene rings is 5. The molecule has 0 aliphatic rings. The summed E-state index contributed by atoms with van der Waals surface area (Å²) in [5, 5.41) is 0. The van der Waals surface area contributed by atoms with E-state index in [1.165, 1.54) is 28.6 Å². The average Bonchev–Trinajstić information content (AvgIpc) is 3.98. The van der Waals surface area contributed by atoms with Gasteiger partial charge in [-0.1, -0.05) is 39.7 Å². The fraction of sp³-hybridized carbons (Fsp3) is 0.263. The molecular weight excluding hydrogens is 892 g/mol. The Hall–Kier alpha value is -7.41. The first-order valence-corrected chi connectivity index (χ1v) is 23.0. The van der Waals surface area contributed by atoms with E-state index in [0.29, 0.717) is 11.3 Å². The third kappa shape index (κ3) is 11.4. The van der Waals surface area contributed by atoms with E-state index in [1.807, 2.05) is 170 Å². The summed E-state index contributed by atoms with van der Waals surface area (Å²) in [4.78, 5) is 0. The third-order valence-electron chi connectivity index (χ3n) is 12.6. The Balaban J connectivity index is 0.000000154. The smallest absolute Gasteiger partial charge is 0.207 e. The molecule has 0 atom stereocenters. The Kier molecular flexibility index (Phi) is 16.0. The van der Waals surface area contributed by atoms with Crippen LogP contribution in [0.5, 0.6) is 0 Å². The fourth-order valence-corrected chi connectivity index (χ4v) is 8.97. The molecule has 4 aromatic heterocycles. The van der Waals surface area contributed by atoms with Gasteiger partial charge in [0.25, 0.3) is 0 Å². The molecule has 0 saturated heterocycles. The highest BCUT2D eigenvalue weighted by Gasteiger charge is 2.23. The average molecular weight is 957 g/mol. The zero-order valence-electron chi connectivity index (χ0n) is 43.0. The molecule has 4 heterocycles. The Labute approximate surface area is 408 Å². The van der Waals surface area contributed by atoms with Gasteiger partial charge in [0.2, 0.25) is 30.0 Å². The summed E-state index contributed by atoms with van der Waals surface area (Å²) in [6.07, 6.45) is 11.9. The van der Waals surface area contributed by atoms with Crippen molar-refractivity contribution < 1.29 is 40.7 Å².